The number of hydrogen-bond acceptors (Lipinski definition) is 3. The van der Waals surface area contributed by atoms with E-state index in [1.54, 1.807) is 6.20 Å². The smallest absolute Gasteiger partial charge is 0.128 e. The first kappa shape index (κ1) is 18.9. The van der Waals surface area contributed by atoms with Gasteiger partial charge in [0, 0.05) is 23.5 Å². The third-order valence-corrected chi connectivity index (χ3v) is 4.76. The molecule has 29 heavy (non-hydrogen) atoms. The number of rotatable bonds is 4. The van der Waals surface area contributed by atoms with Gasteiger partial charge in [0.1, 0.15) is 11.5 Å². The van der Waals surface area contributed by atoms with Crippen molar-refractivity contribution in [2.45, 2.75) is 26.2 Å². The fourth-order valence-corrected chi connectivity index (χ4v) is 3.16. The van der Waals surface area contributed by atoms with Crippen molar-refractivity contribution < 1.29 is 4.74 Å². The van der Waals surface area contributed by atoms with Crippen LogP contribution in [0.25, 0.3) is 22.5 Å². The van der Waals surface area contributed by atoms with Crippen molar-refractivity contribution in [3.63, 3.8) is 0 Å². The average molecular weight is 380 g/mol. The molecule has 0 unspecified atom stereocenters. The van der Waals surface area contributed by atoms with E-state index in [0.29, 0.717) is 0 Å². The third kappa shape index (κ3) is 4.52. The maximum atomic E-state index is 6.28. The quantitative estimate of drug-likeness (QED) is 0.386. The lowest BCUT2D eigenvalue weighted by Crippen LogP contribution is -2.11. The Bertz CT molecular complexity index is 1100. The fourth-order valence-electron chi connectivity index (χ4n) is 3.16. The van der Waals surface area contributed by atoms with Crippen LogP contribution in [0.15, 0.2) is 91.3 Å². The Morgan fingerprint density at radius 3 is 1.90 bits per heavy atom. The van der Waals surface area contributed by atoms with Crippen LogP contribution in [-0.2, 0) is 5.41 Å². The lowest BCUT2D eigenvalue weighted by atomic mass is 9.85. The number of ether oxygens (including phenoxy) is 1. The highest BCUT2D eigenvalue weighted by Crippen LogP contribution is 2.34. The SMILES string of the molecule is CC(C)(C)c1cc(Oc2cccc(-c3ccccn3)c2)cc(-c2ccccn2)c1. The molecule has 0 atom stereocenters. The molecule has 0 saturated heterocycles. The van der Waals surface area contributed by atoms with E-state index >= 15 is 0 Å². The maximum absolute atomic E-state index is 6.28. The standard InChI is InChI=1S/C26H24N2O/c1-26(2,3)21-15-20(25-12-5-7-14-28-25)17-23(18-21)29-22-10-8-9-19(16-22)24-11-4-6-13-27-24/h4-18H,1-3H3. The number of nitrogens with zero attached hydrogens (tertiary/aromatic N) is 2. The van der Waals surface area contributed by atoms with Gasteiger partial charge in [0.2, 0.25) is 0 Å². The van der Waals surface area contributed by atoms with E-state index in [9.17, 15) is 0 Å². The highest BCUT2D eigenvalue weighted by atomic mass is 16.5. The average Bonchev–Trinajstić information content (AvgIpc) is 2.74. The molecule has 0 amide bonds. The lowest BCUT2D eigenvalue weighted by Gasteiger charge is -2.21. The second kappa shape index (κ2) is 7.88. The van der Waals surface area contributed by atoms with E-state index in [4.69, 9.17) is 4.74 Å². The minimum Gasteiger partial charge on any atom is -0.457 e. The van der Waals surface area contributed by atoms with Crippen molar-refractivity contribution in [1.29, 1.82) is 0 Å². The molecule has 0 fully saturated rings. The highest BCUT2D eigenvalue weighted by molar-refractivity contribution is 5.64. The molecule has 0 radical (unpaired) electrons. The molecule has 144 valence electrons. The third-order valence-electron chi connectivity index (χ3n) is 4.76. The van der Waals surface area contributed by atoms with Gasteiger partial charge in [-0.05, 0) is 65.6 Å². The molecule has 0 saturated carbocycles. The van der Waals surface area contributed by atoms with Gasteiger partial charge in [-0.1, -0.05) is 45.0 Å². The number of pyridine rings is 2. The summed E-state index contributed by atoms with van der Waals surface area (Å²) in [6.07, 6.45) is 3.62. The van der Waals surface area contributed by atoms with Crippen molar-refractivity contribution in [1.82, 2.24) is 9.97 Å². The van der Waals surface area contributed by atoms with Crippen molar-refractivity contribution >= 4 is 0 Å². The molecule has 0 aliphatic carbocycles. The molecule has 0 bridgehead atoms. The van der Waals surface area contributed by atoms with Crippen LogP contribution >= 0.6 is 0 Å². The Balaban J connectivity index is 1.72. The molecule has 0 aliphatic heterocycles. The van der Waals surface area contributed by atoms with Gasteiger partial charge in [-0.3, -0.25) is 9.97 Å². The van der Waals surface area contributed by atoms with Crippen LogP contribution < -0.4 is 4.74 Å². The van der Waals surface area contributed by atoms with Gasteiger partial charge < -0.3 is 4.74 Å². The number of benzene rings is 2. The Morgan fingerprint density at radius 2 is 1.28 bits per heavy atom. The van der Waals surface area contributed by atoms with E-state index in [-0.39, 0.29) is 5.41 Å². The molecule has 4 rings (SSSR count). The molecule has 2 aromatic carbocycles. The van der Waals surface area contributed by atoms with E-state index in [1.165, 1.54) is 5.56 Å². The van der Waals surface area contributed by atoms with Crippen LogP contribution in [0.2, 0.25) is 0 Å². The summed E-state index contributed by atoms with van der Waals surface area (Å²) in [4.78, 5) is 8.94. The summed E-state index contributed by atoms with van der Waals surface area (Å²) in [7, 11) is 0. The molecule has 3 nitrogen and oxygen atoms in total. The van der Waals surface area contributed by atoms with Gasteiger partial charge in [-0.15, -0.1) is 0 Å². The van der Waals surface area contributed by atoms with Crippen molar-refractivity contribution in [2.75, 3.05) is 0 Å². The van der Waals surface area contributed by atoms with Crippen LogP contribution in [0, 0.1) is 0 Å². The summed E-state index contributed by atoms with van der Waals surface area (Å²) in [5, 5.41) is 0. The molecule has 0 N–H and O–H groups in total. The zero-order valence-corrected chi connectivity index (χ0v) is 17.0. The lowest BCUT2D eigenvalue weighted by molar-refractivity contribution is 0.479. The van der Waals surface area contributed by atoms with E-state index < -0.39 is 0 Å². The van der Waals surface area contributed by atoms with Crippen LogP contribution in [0.4, 0.5) is 0 Å². The number of hydrogen-bond donors (Lipinski definition) is 0. The summed E-state index contributed by atoms with van der Waals surface area (Å²) >= 11 is 0. The Labute approximate surface area is 172 Å². The second-order valence-corrected chi connectivity index (χ2v) is 8.06. The molecule has 0 aliphatic rings. The van der Waals surface area contributed by atoms with Gasteiger partial charge in [0.05, 0.1) is 11.4 Å². The van der Waals surface area contributed by atoms with Gasteiger partial charge in [-0.2, -0.15) is 0 Å². The summed E-state index contributed by atoms with van der Waals surface area (Å²) in [5.41, 5.74) is 5.14. The van der Waals surface area contributed by atoms with Crippen LogP contribution in [0.3, 0.4) is 0 Å². The molecule has 2 heterocycles. The Morgan fingerprint density at radius 1 is 0.621 bits per heavy atom. The minimum atomic E-state index is -0.00128. The first-order valence-corrected chi connectivity index (χ1v) is 9.75. The minimum absolute atomic E-state index is 0.00128. The predicted octanol–water partition coefficient (Wildman–Crippen LogP) is 6.90. The Kier molecular flexibility index (Phi) is 5.13. The zero-order valence-electron chi connectivity index (χ0n) is 17.0. The van der Waals surface area contributed by atoms with Crippen LogP contribution in [-0.4, -0.2) is 9.97 Å². The first-order chi connectivity index (χ1) is 14.0. The molecular weight excluding hydrogens is 356 g/mol. The van der Waals surface area contributed by atoms with Crippen molar-refractivity contribution in [2.24, 2.45) is 0 Å². The van der Waals surface area contributed by atoms with Gasteiger partial charge in [-0.25, -0.2) is 0 Å². The second-order valence-electron chi connectivity index (χ2n) is 8.06. The monoisotopic (exact) mass is 380 g/mol. The first-order valence-electron chi connectivity index (χ1n) is 9.75. The van der Waals surface area contributed by atoms with Crippen molar-refractivity contribution in [3.8, 4) is 34.0 Å². The van der Waals surface area contributed by atoms with Gasteiger partial charge in [0.25, 0.3) is 0 Å². The fraction of sp³-hybridized carbons (Fsp3) is 0.154. The summed E-state index contributed by atoms with van der Waals surface area (Å²) in [6, 6.07) is 26.2. The van der Waals surface area contributed by atoms with E-state index in [2.05, 4.69) is 42.9 Å². The summed E-state index contributed by atoms with van der Waals surface area (Å²) in [6.45, 7) is 6.61. The number of aromatic nitrogens is 2. The van der Waals surface area contributed by atoms with Crippen LogP contribution in [0.1, 0.15) is 26.3 Å². The van der Waals surface area contributed by atoms with E-state index in [0.717, 1.165) is 34.0 Å². The summed E-state index contributed by atoms with van der Waals surface area (Å²) < 4.78 is 6.28. The molecular formula is C26H24N2O. The molecule has 2 aromatic heterocycles. The molecule has 0 spiro atoms. The summed E-state index contributed by atoms with van der Waals surface area (Å²) in [5.74, 6) is 1.59. The topological polar surface area (TPSA) is 35.0 Å². The van der Waals surface area contributed by atoms with Crippen molar-refractivity contribution in [3.05, 3.63) is 96.8 Å². The zero-order chi connectivity index (χ0) is 20.3. The molecule has 3 heteroatoms. The normalized spacial score (nSPS) is 11.3. The largest absolute Gasteiger partial charge is 0.457 e. The predicted molar refractivity (Wildman–Crippen MR) is 118 cm³/mol. The molecule has 4 aromatic rings. The van der Waals surface area contributed by atoms with Gasteiger partial charge >= 0.3 is 0 Å². The Hall–Kier alpha value is -3.46. The van der Waals surface area contributed by atoms with Gasteiger partial charge in [0.15, 0.2) is 0 Å². The highest BCUT2D eigenvalue weighted by Gasteiger charge is 2.17. The maximum Gasteiger partial charge on any atom is 0.128 e. The van der Waals surface area contributed by atoms with Crippen LogP contribution in [0.5, 0.6) is 11.5 Å². The van der Waals surface area contributed by atoms with E-state index in [1.807, 2.05) is 72.9 Å².